The number of carbonyl (C=O) groups is 2. The van der Waals surface area contributed by atoms with E-state index in [1.165, 1.54) is 22.2 Å². The molecule has 3 aromatic rings. The minimum absolute atomic E-state index is 0.0215. The van der Waals surface area contributed by atoms with Crippen LogP contribution in [0.4, 0.5) is 0 Å². The Morgan fingerprint density at radius 3 is 2.51 bits per heavy atom. The topological polar surface area (TPSA) is 77.2 Å². The lowest BCUT2D eigenvalue weighted by Crippen LogP contribution is -2.70. The molecule has 1 aliphatic carbocycles. The zero-order valence-electron chi connectivity index (χ0n) is 20.2. The first-order chi connectivity index (χ1) is 17.2. The average molecular weight is 471 g/mol. The smallest absolute Gasteiger partial charge is 0.240 e. The molecular weight excluding hydrogens is 436 g/mol. The van der Waals surface area contributed by atoms with Crippen molar-refractivity contribution < 1.29 is 9.59 Å². The number of para-hydroxylation sites is 1. The second-order valence-electron chi connectivity index (χ2n) is 10.4. The molecule has 6 nitrogen and oxygen atoms in total. The number of hydrogen-bond donors (Lipinski definition) is 3. The van der Waals surface area contributed by atoms with E-state index in [2.05, 4.69) is 50.8 Å². The normalized spacial score (nSPS) is 23.8. The Kier molecular flexibility index (Phi) is 5.85. The van der Waals surface area contributed by atoms with Crippen molar-refractivity contribution in [3.8, 4) is 0 Å². The zero-order valence-corrected chi connectivity index (χ0v) is 20.2. The summed E-state index contributed by atoms with van der Waals surface area (Å²) in [4.78, 5) is 33.4. The summed E-state index contributed by atoms with van der Waals surface area (Å²) in [6.07, 6.45) is 7.38. The molecule has 1 saturated carbocycles. The molecule has 2 aromatic carbocycles. The summed E-state index contributed by atoms with van der Waals surface area (Å²) in [5.41, 5.74) is 4.09. The number of rotatable bonds is 5. The lowest BCUT2D eigenvalue weighted by atomic mass is 9.78. The first kappa shape index (κ1) is 22.4. The quantitative estimate of drug-likeness (QED) is 0.493. The van der Waals surface area contributed by atoms with Crippen LogP contribution < -0.4 is 10.6 Å². The predicted octanol–water partition coefficient (Wildman–Crippen LogP) is 4.02. The Morgan fingerprint density at radius 2 is 1.71 bits per heavy atom. The molecule has 2 fully saturated rings. The van der Waals surface area contributed by atoms with Crippen molar-refractivity contribution in [2.45, 2.75) is 69.0 Å². The molecule has 3 aliphatic rings. The van der Waals surface area contributed by atoms with Crippen molar-refractivity contribution in [1.82, 2.24) is 20.5 Å². The van der Waals surface area contributed by atoms with E-state index in [-0.39, 0.29) is 23.9 Å². The van der Waals surface area contributed by atoms with E-state index in [9.17, 15) is 9.59 Å². The number of piperazine rings is 1. The monoisotopic (exact) mass is 470 g/mol. The van der Waals surface area contributed by atoms with Crippen molar-refractivity contribution in [1.29, 1.82) is 0 Å². The van der Waals surface area contributed by atoms with Gasteiger partial charge in [-0.05, 0) is 42.9 Å². The fraction of sp³-hybridized carbons (Fsp3) is 0.448. The maximum absolute atomic E-state index is 14.1. The number of aromatic amines is 1. The molecule has 2 atom stereocenters. The molecule has 0 spiro atoms. The Hall–Kier alpha value is -3.12. The second kappa shape index (κ2) is 9.15. The summed E-state index contributed by atoms with van der Waals surface area (Å²) < 4.78 is 0. The fourth-order valence-corrected chi connectivity index (χ4v) is 6.75. The van der Waals surface area contributed by atoms with Gasteiger partial charge in [0.2, 0.25) is 11.8 Å². The number of nitrogens with one attached hydrogen (secondary N) is 3. The first-order valence-electron chi connectivity index (χ1n) is 13.2. The molecule has 2 amide bonds. The number of amides is 2. The van der Waals surface area contributed by atoms with Crippen molar-refractivity contribution in [2.75, 3.05) is 13.1 Å². The lowest BCUT2D eigenvalue weighted by Gasteiger charge is -2.54. The summed E-state index contributed by atoms with van der Waals surface area (Å²) in [5, 5.41) is 7.64. The Morgan fingerprint density at radius 1 is 0.971 bits per heavy atom. The molecular formula is C29H34N4O2. The van der Waals surface area contributed by atoms with Crippen molar-refractivity contribution in [3.05, 3.63) is 71.4 Å². The maximum Gasteiger partial charge on any atom is 0.240 e. The van der Waals surface area contributed by atoms with Crippen LogP contribution in [0.15, 0.2) is 54.6 Å². The Balaban J connectivity index is 1.36. The van der Waals surface area contributed by atoms with Gasteiger partial charge < -0.3 is 15.6 Å². The molecule has 1 saturated heterocycles. The van der Waals surface area contributed by atoms with E-state index >= 15 is 0 Å². The van der Waals surface area contributed by atoms with Gasteiger partial charge in [-0.1, -0.05) is 74.2 Å². The van der Waals surface area contributed by atoms with Gasteiger partial charge in [-0.15, -0.1) is 0 Å². The van der Waals surface area contributed by atoms with E-state index in [1.807, 2.05) is 24.3 Å². The molecule has 1 aromatic heterocycles. The third-order valence-electron chi connectivity index (χ3n) is 8.41. The summed E-state index contributed by atoms with van der Waals surface area (Å²) in [5.74, 6) is 0.150. The third kappa shape index (κ3) is 3.84. The standard InChI is InChI=1S/C29H34N4O2/c34-27-24-18-22-21-12-6-7-13-23(21)32-26(22)25(19-31-27)33(24)29(15-8-1-2-9-16-29)28(35)30-17-14-20-10-4-3-5-11-20/h3-7,10-13,24-25,32H,1-2,8-9,14-19H2,(H,30,35)(H,31,34)/t24-,25-/m0/s1. The SMILES string of the molecule is O=C1NC[C@H]2c3[nH]c4ccccc4c3C[C@@H]1N2C1(C(=O)NCCc2ccccc2)CCCCCC1. The van der Waals surface area contributed by atoms with E-state index in [0.29, 0.717) is 19.5 Å². The molecule has 6 heteroatoms. The first-order valence-corrected chi connectivity index (χ1v) is 13.2. The molecule has 3 heterocycles. The van der Waals surface area contributed by atoms with Crippen LogP contribution >= 0.6 is 0 Å². The van der Waals surface area contributed by atoms with Gasteiger partial charge in [-0.3, -0.25) is 14.5 Å². The summed E-state index contributed by atoms with van der Waals surface area (Å²) in [6, 6.07) is 18.3. The minimum atomic E-state index is -0.657. The molecule has 35 heavy (non-hydrogen) atoms. The Labute approximate surface area is 206 Å². The number of H-pyrrole nitrogens is 1. The van der Waals surface area contributed by atoms with Gasteiger partial charge in [0.05, 0.1) is 12.1 Å². The molecule has 6 rings (SSSR count). The summed E-state index contributed by atoms with van der Waals surface area (Å²) in [7, 11) is 0. The van der Waals surface area contributed by atoms with Crippen molar-refractivity contribution in [2.24, 2.45) is 0 Å². The van der Waals surface area contributed by atoms with Crippen LogP contribution in [-0.2, 0) is 22.4 Å². The van der Waals surface area contributed by atoms with Crippen molar-refractivity contribution in [3.63, 3.8) is 0 Å². The van der Waals surface area contributed by atoms with Crippen molar-refractivity contribution >= 4 is 22.7 Å². The molecule has 0 unspecified atom stereocenters. The highest BCUT2D eigenvalue weighted by Crippen LogP contribution is 2.46. The van der Waals surface area contributed by atoms with Gasteiger partial charge in [0, 0.05) is 29.7 Å². The fourth-order valence-electron chi connectivity index (χ4n) is 6.75. The van der Waals surface area contributed by atoms with Crippen LogP contribution in [0.5, 0.6) is 0 Å². The van der Waals surface area contributed by atoms with Gasteiger partial charge in [-0.25, -0.2) is 0 Å². The van der Waals surface area contributed by atoms with Gasteiger partial charge in [0.15, 0.2) is 0 Å². The van der Waals surface area contributed by atoms with Crippen LogP contribution in [0.2, 0.25) is 0 Å². The molecule has 2 bridgehead atoms. The van der Waals surface area contributed by atoms with E-state index in [4.69, 9.17) is 0 Å². The number of aromatic nitrogens is 1. The van der Waals surface area contributed by atoms with E-state index in [0.717, 1.165) is 50.5 Å². The van der Waals surface area contributed by atoms with E-state index in [1.54, 1.807) is 0 Å². The second-order valence-corrected chi connectivity index (χ2v) is 10.4. The highest BCUT2D eigenvalue weighted by molar-refractivity contribution is 5.92. The number of fused-ring (bicyclic) bond motifs is 6. The maximum atomic E-state index is 14.1. The van der Waals surface area contributed by atoms with Crippen LogP contribution in [0, 0.1) is 0 Å². The number of carbonyl (C=O) groups excluding carboxylic acids is 2. The average Bonchev–Trinajstić information content (AvgIpc) is 3.07. The van der Waals surface area contributed by atoms with Crippen LogP contribution in [-0.4, -0.2) is 46.4 Å². The largest absolute Gasteiger partial charge is 0.357 e. The van der Waals surface area contributed by atoms with Gasteiger partial charge in [-0.2, -0.15) is 0 Å². The Bertz CT molecular complexity index is 1230. The minimum Gasteiger partial charge on any atom is -0.357 e. The third-order valence-corrected chi connectivity index (χ3v) is 8.41. The number of hydrogen-bond acceptors (Lipinski definition) is 3. The molecule has 2 aliphatic heterocycles. The summed E-state index contributed by atoms with van der Waals surface area (Å²) >= 11 is 0. The molecule has 3 N–H and O–H groups in total. The molecule has 0 radical (unpaired) electrons. The van der Waals surface area contributed by atoms with Crippen LogP contribution in [0.25, 0.3) is 10.9 Å². The summed E-state index contributed by atoms with van der Waals surface area (Å²) in [6.45, 7) is 1.14. The van der Waals surface area contributed by atoms with E-state index < -0.39 is 5.54 Å². The zero-order chi connectivity index (χ0) is 23.8. The number of nitrogens with zero attached hydrogens (tertiary/aromatic N) is 1. The lowest BCUT2D eigenvalue weighted by molar-refractivity contribution is -0.151. The number of benzene rings is 2. The van der Waals surface area contributed by atoms with Gasteiger partial charge in [0.25, 0.3) is 0 Å². The highest BCUT2D eigenvalue weighted by atomic mass is 16.2. The van der Waals surface area contributed by atoms with Gasteiger partial charge >= 0.3 is 0 Å². The van der Waals surface area contributed by atoms with Crippen LogP contribution in [0.1, 0.15) is 61.4 Å². The van der Waals surface area contributed by atoms with Crippen LogP contribution in [0.3, 0.4) is 0 Å². The predicted molar refractivity (Wildman–Crippen MR) is 137 cm³/mol. The molecule has 182 valence electrons. The van der Waals surface area contributed by atoms with Gasteiger partial charge in [0.1, 0.15) is 5.54 Å². The highest BCUT2D eigenvalue weighted by Gasteiger charge is 2.55.